The second-order valence-electron chi connectivity index (χ2n) is 4.34. The SMILES string of the molecule is CC(=O)[O-].CCCC[N+]1(C)CCCC1. The summed E-state index contributed by atoms with van der Waals surface area (Å²) in [4.78, 5) is 8.89. The molecule has 0 radical (unpaired) electrons. The van der Waals surface area contributed by atoms with E-state index in [1.807, 2.05) is 0 Å². The molecule has 0 bridgehead atoms. The van der Waals surface area contributed by atoms with Crippen molar-refractivity contribution < 1.29 is 14.4 Å². The Balaban J connectivity index is 0.000000364. The van der Waals surface area contributed by atoms with Gasteiger partial charge in [-0.3, -0.25) is 0 Å². The van der Waals surface area contributed by atoms with Gasteiger partial charge in [-0.25, -0.2) is 0 Å². The number of aliphatic carboxylic acids is 1. The monoisotopic (exact) mass is 201 g/mol. The van der Waals surface area contributed by atoms with Crippen LogP contribution in [0.25, 0.3) is 0 Å². The van der Waals surface area contributed by atoms with Gasteiger partial charge in [0.05, 0.1) is 26.7 Å². The van der Waals surface area contributed by atoms with Crippen LogP contribution in [0.15, 0.2) is 0 Å². The molecule has 0 spiro atoms. The van der Waals surface area contributed by atoms with Crippen molar-refractivity contribution in [3.05, 3.63) is 0 Å². The fourth-order valence-corrected chi connectivity index (χ4v) is 1.86. The highest BCUT2D eigenvalue weighted by Gasteiger charge is 2.25. The topological polar surface area (TPSA) is 40.1 Å². The Labute approximate surface area is 87.3 Å². The normalized spacial score (nSPS) is 18.5. The number of hydrogen-bond acceptors (Lipinski definition) is 2. The van der Waals surface area contributed by atoms with Gasteiger partial charge >= 0.3 is 0 Å². The van der Waals surface area contributed by atoms with Crippen LogP contribution in [-0.2, 0) is 4.79 Å². The number of rotatable bonds is 3. The van der Waals surface area contributed by atoms with Gasteiger partial charge in [-0.15, -0.1) is 0 Å². The van der Waals surface area contributed by atoms with Crippen LogP contribution in [0, 0.1) is 0 Å². The third kappa shape index (κ3) is 6.89. The lowest BCUT2D eigenvalue weighted by atomic mass is 10.3. The van der Waals surface area contributed by atoms with Crippen molar-refractivity contribution >= 4 is 5.97 Å². The van der Waals surface area contributed by atoms with Gasteiger partial charge in [0, 0.05) is 18.8 Å². The van der Waals surface area contributed by atoms with Crippen LogP contribution < -0.4 is 5.11 Å². The van der Waals surface area contributed by atoms with Crippen molar-refractivity contribution in [1.29, 1.82) is 0 Å². The van der Waals surface area contributed by atoms with E-state index < -0.39 is 5.97 Å². The van der Waals surface area contributed by atoms with Crippen LogP contribution in [0.1, 0.15) is 39.5 Å². The Morgan fingerprint density at radius 3 is 2.14 bits per heavy atom. The summed E-state index contributed by atoms with van der Waals surface area (Å²) in [6.07, 6.45) is 5.69. The maximum absolute atomic E-state index is 8.89. The van der Waals surface area contributed by atoms with E-state index in [2.05, 4.69) is 14.0 Å². The zero-order valence-electron chi connectivity index (χ0n) is 9.71. The Hall–Kier alpha value is -0.570. The van der Waals surface area contributed by atoms with E-state index in [-0.39, 0.29) is 0 Å². The van der Waals surface area contributed by atoms with Crippen molar-refractivity contribution in [1.82, 2.24) is 0 Å². The van der Waals surface area contributed by atoms with E-state index >= 15 is 0 Å². The number of carbonyl (C=O) groups excluding carboxylic acids is 1. The van der Waals surface area contributed by atoms with Crippen LogP contribution in [0.4, 0.5) is 0 Å². The minimum atomic E-state index is -1.08. The molecule has 1 heterocycles. The van der Waals surface area contributed by atoms with E-state index in [0.717, 1.165) is 6.92 Å². The molecule has 0 unspecified atom stereocenters. The third-order valence-electron chi connectivity index (χ3n) is 2.70. The molecule has 0 atom stereocenters. The number of nitrogens with zero attached hydrogens (tertiary/aromatic N) is 1. The largest absolute Gasteiger partial charge is 0.550 e. The van der Waals surface area contributed by atoms with Gasteiger partial charge in [-0.1, -0.05) is 13.3 Å². The Bertz CT molecular complexity index is 159. The first-order valence-corrected chi connectivity index (χ1v) is 5.51. The Morgan fingerprint density at radius 2 is 1.79 bits per heavy atom. The third-order valence-corrected chi connectivity index (χ3v) is 2.70. The fourth-order valence-electron chi connectivity index (χ4n) is 1.86. The van der Waals surface area contributed by atoms with Crippen molar-refractivity contribution in [2.75, 3.05) is 26.7 Å². The Morgan fingerprint density at radius 1 is 1.36 bits per heavy atom. The Kier molecular flexibility index (Phi) is 6.54. The number of carboxylic acid groups (broad SMARTS) is 1. The zero-order chi connectivity index (χ0) is 11.0. The standard InChI is InChI=1S/C9H20N.C2H4O2/c1-3-4-7-10(2)8-5-6-9-10;1-2(3)4/h3-9H2,1-2H3;1H3,(H,3,4)/q+1;/p-1. The van der Waals surface area contributed by atoms with Gasteiger partial charge in [0.2, 0.25) is 0 Å². The predicted octanol–water partition coefficient (Wildman–Crippen LogP) is 0.783. The highest BCUT2D eigenvalue weighted by atomic mass is 16.4. The first-order valence-electron chi connectivity index (χ1n) is 5.51. The molecule has 1 aliphatic rings. The number of carbonyl (C=O) groups is 1. The van der Waals surface area contributed by atoms with Crippen LogP contribution in [-0.4, -0.2) is 37.1 Å². The molecule has 14 heavy (non-hydrogen) atoms. The van der Waals surface area contributed by atoms with Crippen LogP contribution in [0.5, 0.6) is 0 Å². The van der Waals surface area contributed by atoms with Crippen molar-refractivity contribution in [3.8, 4) is 0 Å². The smallest absolute Gasteiger partial charge is 0.0786 e. The molecule has 0 amide bonds. The maximum Gasteiger partial charge on any atom is 0.0786 e. The molecule has 0 aromatic heterocycles. The lowest BCUT2D eigenvalue weighted by Crippen LogP contribution is -2.41. The van der Waals surface area contributed by atoms with Crippen molar-refractivity contribution in [3.63, 3.8) is 0 Å². The first-order chi connectivity index (χ1) is 6.50. The van der Waals surface area contributed by atoms with E-state index in [1.165, 1.54) is 49.8 Å². The molecule has 0 aromatic carbocycles. The molecule has 0 aromatic rings. The second-order valence-corrected chi connectivity index (χ2v) is 4.34. The molecule has 1 rings (SSSR count). The highest BCUT2D eigenvalue weighted by Crippen LogP contribution is 2.16. The average molecular weight is 201 g/mol. The zero-order valence-corrected chi connectivity index (χ0v) is 9.71. The summed E-state index contributed by atoms with van der Waals surface area (Å²) in [5, 5.41) is 8.89. The summed E-state index contributed by atoms with van der Waals surface area (Å²) in [5.74, 6) is -1.08. The number of hydrogen-bond donors (Lipinski definition) is 0. The predicted molar refractivity (Wildman–Crippen MR) is 55.6 cm³/mol. The number of quaternary nitrogens is 1. The summed E-state index contributed by atoms with van der Waals surface area (Å²) in [5.41, 5.74) is 0. The van der Waals surface area contributed by atoms with Crippen molar-refractivity contribution in [2.45, 2.75) is 39.5 Å². The molecule has 84 valence electrons. The molecule has 3 nitrogen and oxygen atoms in total. The van der Waals surface area contributed by atoms with Gasteiger partial charge in [0.15, 0.2) is 0 Å². The minimum Gasteiger partial charge on any atom is -0.550 e. The van der Waals surface area contributed by atoms with Gasteiger partial charge in [-0.2, -0.15) is 0 Å². The first kappa shape index (κ1) is 13.4. The van der Waals surface area contributed by atoms with Crippen LogP contribution in [0.2, 0.25) is 0 Å². The molecular formula is C11H23NO2. The quantitative estimate of drug-likeness (QED) is 0.633. The fraction of sp³-hybridized carbons (Fsp3) is 0.909. The number of likely N-dealkylation sites (tertiary alicyclic amines) is 1. The highest BCUT2D eigenvalue weighted by molar-refractivity contribution is 5.60. The minimum absolute atomic E-state index is 0.972. The van der Waals surface area contributed by atoms with Crippen LogP contribution >= 0.6 is 0 Å². The van der Waals surface area contributed by atoms with Crippen molar-refractivity contribution in [2.24, 2.45) is 0 Å². The van der Waals surface area contributed by atoms with Gasteiger partial charge in [0.1, 0.15) is 0 Å². The lowest BCUT2D eigenvalue weighted by molar-refractivity contribution is -0.897. The molecule has 0 aliphatic carbocycles. The van der Waals surface area contributed by atoms with E-state index in [4.69, 9.17) is 9.90 Å². The average Bonchev–Trinajstić information content (AvgIpc) is 2.48. The summed E-state index contributed by atoms with van der Waals surface area (Å²) < 4.78 is 1.36. The van der Waals surface area contributed by atoms with Gasteiger partial charge in [-0.05, 0) is 13.3 Å². The number of unbranched alkanes of at least 4 members (excludes halogenated alkanes) is 1. The molecule has 0 N–H and O–H groups in total. The van der Waals surface area contributed by atoms with E-state index in [1.54, 1.807) is 0 Å². The van der Waals surface area contributed by atoms with Gasteiger partial charge < -0.3 is 14.4 Å². The van der Waals surface area contributed by atoms with E-state index in [9.17, 15) is 0 Å². The van der Waals surface area contributed by atoms with Gasteiger partial charge in [0.25, 0.3) is 0 Å². The number of carboxylic acids is 1. The summed E-state index contributed by atoms with van der Waals surface area (Å²) in [7, 11) is 2.41. The van der Waals surface area contributed by atoms with Crippen LogP contribution in [0.3, 0.4) is 0 Å². The second kappa shape index (κ2) is 6.82. The molecule has 1 aliphatic heterocycles. The summed E-state index contributed by atoms with van der Waals surface area (Å²) in [6, 6.07) is 0. The molecule has 0 saturated carbocycles. The molecular weight excluding hydrogens is 178 g/mol. The molecule has 3 heteroatoms. The summed E-state index contributed by atoms with van der Waals surface area (Å²) in [6.45, 7) is 7.53. The maximum atomic E-state index is 8.89. The molecule has 1 fully saturated rings. The summed E-state index contributed by atoms with van der Waals surface area (Å²) >= 11 is 0. The van der Waals surface area contributed by atoms with E-state index in [0.29, 0.717) is 0 Å². The lowest BCUT2D eigenvalue weighted by Gasteiger charge is -2.28. The molecule has 1 saturated heterocycles.